The van der Waals surface area contributed by atoms with Crippen LogP contribution in [0.4, 0.5) is 5.82 Å². The van der Waals surface area contributed by atoms with Gasteiger partial charge in [0.05, 0.1) is 17.0 Å². The van der Waals surface area contributed by atoms with Crippen molar-refractivity contribution in [1.29, 1.82) is 0 Å². The third-order valence-electron chi connectivity index (χ3n) is 2.46. The van der Waals surface area contributed by atoms with E-state index in [9.17, 15) is 0 Å². The number of fused-ring (bicyclic) bond motifs is 1. The van der Waals surface area contributed by atoms with E-state index in [-0.39, 0.29) is 5.38 Å². The quantitative estimate of drug-likeness (QED) is 0.827. The summed E-state index contributed by atoms with van der Waals surface area (Å²) < 4.78 is 1.72. The first kappa shape index (κ1) is 11.1. The fourth-order valence-electron chi connectivity index (χ4n) is 1.45. The summed E-state index contributed by atoms with van der Waals surface area (Å²) in [6.07, 6.45) is 4.21. The Labute approximate surface area is 98.8 Å². The van der Waals surface area contributed by atoms with Crippen molar-refractivity contribution in [3.05, 3.63) is 12.5 Å². The van der Waals surface area contributed by atoms with Crippen LogP contribution in [-0.2, 0) is 7.05 Å². The second-order valence-electron chi connectivity index (χ2n) is 3.61. The highest BCUT2D eigenvalue weighted by Gasteiger charge is 2.08. The lowest BCUT2D eigenvalue weighted by Crippen LogP contribution is -2.14. The van der Waals surface area contributed by atoms with E-state index in [1.165, 1.54) is 6.33 Å². The minimum Gasteiger partial charge on any atom is -0.368 e. The number of nitrogens with one attached hydrogen (secondary N) is 1. The molecule has 0 saturated carbocycles. The Bertz CT molecular complexity index is 481. The molecule has 0 fully saturated rings. The third-order valence-corrected chi connectivity index (χ3v) is 2.93. The van der Waals surface area contributed by atoms with Crippen LogP contribution in [0.1, 0.15) is 13.3 Å². The topological polar surface area (TPSA) is 55.6 Å². The zero-order chi connectivity index (χ0) is 11.5. The summed E-state index contributed by atoms with van der Waals surface area (Å²) in [5.74, 6) is 0.789. The lowest BCUT2D eigenvalue weighted by molar-refractivity contribution is 0.785. The number of aromatic nitrogens is 4. The van der Waals surface area contributed by atoms with Crippen molar-refractivity contribution in [2.24, 2.45) is 7.05 Å². The number of rotatable bonds is 4. The molecule has 86 valence electrons. The Morgan fingerprint density at radius 2 is 2.31 bits per heavy atom. The van der Waals surface area contributed by atoms with Gasteiger partial charge in [-0.05, 0) is 6.42 Å². The average molecular weight is 240 g/mol. The standard InChI is InChI=1S/C10H14ClN5/c1-3-7(11)4-12-9-8-5-15-16(2)10(8)14-6-13-9/h5-7H,3-4H2,1-2H3,(H,12,13,14). The van der Waals surface area contributed by atoms with Gasteiger partial charge in [0.1, 0.15) is 12.1 Å². The van der Waals surface area contributed by atoms with Crippen LogP contribution in [0, 0.1) is 0 Å². The molecular weight excluding hydrogens is 226 g/mol. The maximum atomic E-state index is 6.04. The number of alkyl halides is 1. The van der Waals surface area contributed by atoms with Crippen molar-refractivity contribution < 1.29 is 0 Å². The molecule has 2 rings (SSSR count). The van der Waals surface area contributed by atoms with Crippen LogP contribution in [0.15, 0.2) is 12.5 Å². The van der Waals surface area contributed by atoms with Gasteiger partial charge in [0, 0.05) is 13.6 Å². The van der Waals surface area contributed by atoms with Crippen LogP contribution in [0.3, 0.4) is 0 Å². The number of nitrogens with zero attached hydrogens (tertiary/aromatic N) is 4. The minimum atomic E-state index is 0.113. The second-order valence-corrected chi connectivity index (χ2v) is 4.23. The highest BCUT2D eigenvalue weighted by molar-refractivity contribution is 6.20. The molecule has 2 heterocycles. The molecule has 2 aromatic heterocycles. The van der Waals surface area contributed by atoms with Crippen LogP contribution in [-0.4, -0.2) is 31.7 Å². The van der Waals surface area contributed by atoms with E-state index >= 15 is 0 Å². The smallest absolute Gasteiger partial charge is 0.163 e. The minimum absolute atomic E-state index is 0.113. The molecule has 0 aromatic carbocycles. The molecule has 2 aromatic rings. The van der Waals surface area contributed by atoms with E-state index in [2.05, 4.69) is 27.3 Å². The van der Waals surface area contributed by atoms with Crippen LogP contribution in [0.2, 0.25) is 0 Å². The fraction of sp³-hybridized carbons (Fsp3) is 0.500. The van der Waals surface area contributed by atoms with Crippen molar-refractivity contribution in [3.8, 4) is 0 Å². The molecule has 0 saturated heterocycles. The number of halogens is 1. The van der Waals surface area contributed by atoms with Gasteiger partial charge in [0.15, 0.2) is 5.65 Å². The Morgan fingerprint density at radius 3 is 3.06 bits per heavy atom. The van der Waals surface area contributed by atoms with Crippen molar-refractivity contribution in [1.82, 2.24) is 19.7 Å². The molecule has 1 unspecified atom stereocenters. The van der Waals surface area contributed by atoms with E-state index in [1.807, 2.05) is 7.05 Å². The van der Waals surface area contributed by atoms with Gasteiger partial charge in [-0.2, -0.15) is 5.10 Å². The van der Waals surface area contributed by atoms with E-state index < -0.39 is 0 Å². The SMILES string of the molecule is CCC(Cl)CNc1ncnc2c1cnn2C. The van der Waals surface area contributed by atoms with Crippen molar-refractivity contribution >= 4 is 28.5 Å². The molecule has 1 atom stereocenters. The van der Waals surface area contributed by atoms with Gasteiger partial charge >= 0.3 is 0 Å². The Hall–Kier alpha value is -1.36. The van der Waals surface area contributed by atoms with Crippen molar-refractivity contribution in [2.45, 2.75) is 18.7 Å². The molecule has 0 amide bonds. The molecular formula is C10H14ClN5. The molecule has 0 aliphatic carbocycles. The molecule has 0 aliphatic heterocycles. The zero-order valence-corrected chi connectivity index (χ0v) is 10.1. The number of hydrogen-bond donors (Lipinski definition) is 1. The molecule has 5 nitrogen and oxygen atoms in total. The van der Waals surface area contributed by atoms with Crippen molar-refractivity contribution in [3.63, 3.8) is 0 Å². The summed E-state index contributed by atoms with van der Waals surface area (Å²) >= 11 is 6.04. The lowest BCUT2D eigenvalue weighted by Gasteiger charge is -2.09. The Morgan fingerprint density at radius 1 is 1.50 bits per heavy atom. The molecule has 16 heavy (non-hydrogen) atoms. The van der Waals surface area contributed by atoms with E-state index in [0.29, 0.717) is 6.54 Å². The number of hydrogen-bond acceptors (Lipinski definition) is 4. The van der Waals surface area contributed by atoms with Gasteiger partial charge in [-0.1, -0.05) is 6.92 Å². The first-order chi connectivity index (χ1) is 7.72. The summed E-state index contributed by atoms with van der Waals surface area (Å²) in [5.41, 5.74) is 0.820. The van der Waals surface area contributed by atoms with E-state index in [0.717, 1.165) is 23.3 Å². The maximum absolute atomic E-state index is 6.04. The van der Waals surface area contributed by atoms with Gasteiger partial charge in [-0.3, -0.25) is 4.68 Å². The number of anilines is 1. The third kappa shape index (κ3) is 2.09. The highest BCUT2D eigenvalue weighted by Crippen LogP contribution is 2.18. The molecule has 0 radical (unpaired) electrons. The molecule has 6 heteroatoms. The van der Waals surface area contributed by atoms with Crippen LogP contribution in [0.5, 0.6) is 0 Å². The lowest BCUT2D eigenvalue weighted by atomic mass is 10.3. The number of aryl methyl sites for hydroxylation is 1. The van der Waals surface area contributed by atoms with Crippen molar-refractivity contribution in [2.75, 3.05) is 11.9 Å². The first-order valence-corrected chi connectivity index (χ1v) is 5.66. The second kappa shape index (κ2) is 4.65. The Kier molecular flexibility index (Phi) is 3.24. The maximum Gasteiger partial charge on any atom is 0.163 e. The summed E-state index contributed by atoms with van der Waals surface area (Å²) in [4.78, 5) is 8.36. The summed E-state index contributed by atoms with van der Waals surface area (Å²) in [5, 5.41) is 8.39. The Balaban J connectivity index is 2.24. The monoisotopic (exact) mass is 239 g/mol. The zero-order valence-electron chi connectivity index (χ0n) is 9.31. The summed E-state index contributed by atoms with van der Waals surface area (Å²) in [6, 6.07) is 0. The van der Waals surface area contributed by atoms with E-state index in [1.54, 1.807) is 10.9 Å². The molecule has 0 spiro atoms. The predicted octanol–water partition coefficient (Wildman–Crippen LogP) is 1.79. The summed E-state index contributed by atoms with van der Waals surface area (Å²) in [6.45, 7) is 2.75. The van der Waals surface area contributed by atoms with Crippen LogP contribution in [0.25, 0.3) is 11.0 Å². The van der Waals surface area contributed by atoms with Gasteiger partial charge in [0.25, 0.3) is 0 Å². The summed E-state index contributed by atoms with van der Waals surface area (Å²) in [7, 11) is 1.86. The first-order valence-electron chi connectivity index (χ1n) is 5.23. The van der Waals surface area contributed by atoms with Gasteiger partial charge < -0.3 is 5.32 Å². The molecule has 0 aliphatic rings. The molecule has 0 bridgehead atoms. The predicted molar refractivity (Wildman–Crippen MR) is 64.7 cm³/mol. The fourth-order valence-corrected chi connectivity index (χ4v) is 1.53. The van der Waals surface area contributed by atoms with E-state index in [4.69, 9.17) is 11.6 Å². The average Bonchev–Trinajstić information content (AvgIpc) is 2.69. The van der Waals surface area contributed by atoms with Gasteiger partial charge in [-0.15, -0.1) is 11.6 Å². The highest BCUT2D eigenvalue weighted by atomic mass is 35.5. The van der Waals surface area contributed by atoms with Gasteiger partial charge in [-0.25, -0.2) is 9.97 Å². The largest absolute Gasteiger partial charge is 0.368 e. The van der Waals surface area contributed by atoms with Crippen LogP contribution >= 0.6 is 11.6 Å². The van der Waals surface area contributed by atoms with Gasteiger partial charge in [0.2, 0.25) is 0 Å². The molecule has 1 N–H and O–H groups in total. The normalized spacial score (nSPS) is 12.9. The van der Waals surface area contributed by atoms with Crippen LogP contribution < -0.4 is 5.32 Å².